The maximum absolute atomic E-state index is 10.7. The largest absolute Gasteiger partial charge is 0.456 e. The monoisotopic (exact) mass is 308 g/mol. The van der Waals surface area contributed by atoms with Gasteiger partial charge in [0.25, 0.3) is 5.69 Å². The van der Waals surface area contributed by atoms with Gasteiger partial charge in [0.2, 0.25) is 0 Å². The van der Waals surface area contributed by atoms with Crippen molar-refractivity contribution < 1.29 is 14.8 Å². The first-order chi connectivity index (χ1) is 10.0. The lowest BCUT2D eigenvalue weighted by atomic mass is 10.2. The predicted octanol–water partition coefficient (Wildman–Crippen LogP) is 3.88. The molecule has 0 fully saturated rings. The number of nitrogens with zero attached hydrogens (tertiary/aromatic N) is 2. The van der Waals surface area contributed by atoms with E-state index in [1.54, 1.807) is 12.1 Å². The summed E-state index contributed by atoms with van der Waals surface area (Å²) < 4.78 is 5.51. The summed E-state index contributed by atoms with van der Waals surface area (Å²) in [5.74, 6) is 0.822. The number of halogens is 1. The maximum atomic E-state index is 10.7. The predicted molar refractivity (Wildman–Crippen MR) is 77.7 cm³/mol. The van der Waals surface area contributed by atoms with Gasteiger partial charge in [-0.1, -0.05) is 18.5 Å². The van der Waals surface area contributed by atoms with Gasteiger partial charge in [0, 0.05) is 12.1 Å². The molecule has 0 aliphatic rings. The zero-order chi connectivity index (χ0) is 15.4. The molecular formula is C14H13ClN2O4. The minimum absolute atomic E-state index is 0.00323. The highest BCUT2D eigenvalue weighted by Crippen LogP contribution is 2.31. The molecule has 0 aliphatic carbocycles. The SMILES string of the molecule is CCC(O)c1ccc(Oc2ccc([N+](=O)[O-])c(Cl)c2)cn1. The van der Waals surface area contributed by atoms with Crippen LogP contribution in [0.4, 0.5) is 5.69 Å². The molecule has 0 spiro atoms. The molecule has 0 bridgehead atoms. The van der Waals surface area contributed by atoms with Crippen LogP contribution in [0.5, 0.6) is 11.5 Å². The summed E-state index contributed by atoms with van der Waals surface area (Å²) in [6.45, 7) is 1.86. The smallest absolute Gasteiger partial charge is 0.288 e. The van der Waals surface area contributed by atoms with Crippen LogP contribution in [0.3, 0.4) is 0 Å². The lowest BCUT2D eigenvalue weighted by Crippen LogP contribution is -1.98. The second-order valence-electron chi connectivity index (χ2n) is 4.32. The summed E-state index contributed by atoms with van der Waals surface area (Å²) in [6.07, 6.45) is 1.45. The highest BCUT2D eigenvalue weighted by molar-refractivity contribution is 6.32. The topological polar surface area (TPSA) is 85.5 Å². The Morgan fingerprint density at radius 3 is 2.62 bits per heavy atom. The van der Waals surface area contributed by atoms with Crippen molar-refractivity contribution in [1.29, 1.82) is 0 Å². The Morgan fingerprint density at radius 2 is 2.10 bits per heavy atom. The summed E-state index contributed by atoms with van der Waals surface area (Å²) >= 11 is 5.81. The molecule has 0 radical (unpaired) electrons. The number of aliphatic hydroxyl groups is 1. The number of rotatable bonds is 5. The van der Waals surface area contributed by atoms with Crippen LogP contribution in [0.15, 0.2) is 36.5 Å². The summed E-state index contributed by atoms with van der Waals surface area (Å²) in [5.41, 5.74) is 0.384. The van der Waals surface area contributed by atoms with E-state index < -0.39 is 11.0 Å². The van der Waals surface area contributed by atoms with Crippen molar-refractivity contribution in [2.24, 2.45) is 0 Å². The molecule has 0 saturated carbocycles. The van der Waals surface area contributed by atoms with Crippen LogP contribution in [-0.2, 0) is 0 Å². The lowest BCUT2D eigenvalue weighted by Gasteiger charge is -2.09. The number of hydrogen-bond acceptors (Lipinski definition) is 5. The third-order valence-electron chi connectivity index (χ3n) is 2.84. The summed E-state index contributed by atoms with van der Waals surface area (Å²) in [4.78, 5) is 14.2. The van der Waals surface area contributed by atoms with E-state index >= 15 is 0 Å². The lowest BCUT2D eigenvalue weighted by molar-refractivity contribution is -0.384. The van der Waals surface area contributed by atoms with E-state index in [1.807, 2.05) is 6.92 Å². The van der Waals surface area contributed by atoms with E-state index in [2.05, 4.69) is 4.98 Å². The standard InChI is InChI=1S/C14H13ClN2O4/c1-2-14(18)12-5-3-10(8-16-12)21-9-4-6-13(17(19)20)11(15)7-9/h3-8,14,18H,2H2,1H3. The van der Waals surface area contributed by atoms with Crippen LogP contribution >= 0.6 is 11.6 Å². The van der Waals surface area contributed by atoms with E-state index in [9.17, 15) is 15.2 Å². The first-order valence-electron chi connectivity index (χ1n) is 6.27. The van der Waals surface area contributed by atoms with Gasteiger partial charge in [-0.15, -0.1) is 0 Å². The Hall–Kier alpha value is -2.18. The minimum Gasteiger partial charge on any atom is -0.456 e. The van der Waals surface area contributed by atoms with Crippen LogP contribution in [0.1, 0.15) is 25.1 Å². The number of nitro groups is 1. The molecular weight excluding hydrogens is 296 g/mol. The van der Waals surface area contributed by atoms with Gasteiger partial charge < -0.3 is 9.84 Å². The van der Waals surface area contributed by atoms with Crippen molar-refractivity contribution in [3.8, 4) is 11.5 Å². The van der Waals surface area contributed by atoms with Gasteiger partial charge in [0.15, 0.2) is 0 Å². The number of aliphatic hydroxyl groups excluding tert-OH is 1. The van der Waals surface area contributed by atoms with Crippen LogP contribution in [0.2, 0.25) is 5.02 Å². The molecule has 1 atom stereocenters. The molecule has 2 aromatic rings. The average Bonchev–Trinajstić information content (AvgIpc) is 2.47. The molecule has 1 heterocycles. The Balaban J connectivity index is 2.15. The molecule has 1 N–H and O–H groups in total. The molecule has 0 aliphatic heterocycles. The molecule has 7 heteroatoms. The van der Waals surface area contributed by atoms with Crippen molar-refractivity contribution in [2.75, 3.05) is 0 Å². The molecule has 1 aromatic carbocycles. The fourth-order valence-electron chi connectivity index (χ4n) is 1.69. The normalized spacial score (nSPS) is 12.0. The van der Waals surface area contributed by atoms with E-state index in [0.717, 1.165) is 0 Å². The van der Waals surface area contributed by atoms with Crippen molar-refractivity contribution in [3.63, 3.8) is 0 Å². The van der Waals surface area contributed by atoms with Gasteiger partial charge in [-0.3, -0.25) is 15.1 Å². The Labute approximate surface area is 126 Å². The molecule has 21 heavy (non-hydrogen) atoms. The van der Waals surface area contributed by atoms with Gasteiger partial charge in [-0.2, -0.15) is 0 Å². The van der Waals surface area contributed by atoms with Crippen molar-refractivity contribution in [2.45, 2.75) is 19.4 Å². The third kappa shape index (κ3) is 3.68. The van der Waals surface area contributed by atoms with Gasteiger partial charge in [0.05, 0.1) is 22.9 Å². The minimum atomic E-state index is -0.604. The number of ether oxygens (including phenoxy) is 1. The second kappa shape index (κ2) is 6.51. The first kappa shape index (κ1) is 15.2. The van der Waals surface area contributed by atoms with E-state index in [-0.39, 0.29) is 10.7 Å². The zero-order valence-electron chi connectivity index (χ0n) is 11.2. The molecule has 110 valence electrons. The number of hydrogen-bond donors (Lipinski definition) is 1. The number of benzene rings is 1. The summed E-state index contributed by atoms with van der Waals surface area (Å²) in [7, 11) is 0. The Morgan fingerprint density at radius 1 is 1.38 bits per heavy atom. The van der Waals surface area contributed by atoms with Gasteiger partial charge in [-0.25, -0.2) is 0 Å². The fourth-order valence-corrected chi connectivity index (χ4v) is 1.93. The van der Waals surface area contributed by atoms with Crippen LogP contribution < -0.4 is 4.74 Å². The van der Waals surface area contributed by atoms with Gasteiger partial charge in [0.1, 0.15) is 16.5 Å². The number of pyridine rings is 1. The van der Waals surface area contributed by atoms with Crippen molar-refractivity contribution >= 4 is 17.3 Å². The molecule has 6 nitrogen and oxygen atoms in total. The molecule has 1 unspecified atom stereocenters. The van der Waals surface area contributed by atoms with Gasteiger partial charge in [-0.05, 0) is 24.6 Å². The van der Waals surface area contributed by atoms with Crippen LogP contribution in [0, 0.1) is 10.1 Å². The molecule has 0 saturated heterocycles. The average molecular weight is 309 g/mol. The zero-order valence-corrected chi connectivity index (χ0v) is 11.9. The van der Waals surface area contributed by atoms with Crippen LogP contribution in [-0.4, -0.2) is 15.0 Å². The summed E-state index contributed by atoms with van der Waals surface area (Å²) in [6, 6.07) is 7.43. The third-order valence-corrected chi connectivity index (χ3v) is 3.14. The maximum Gasteiger partial charge on any atom is 0.288 e. The van der Waals surface area contributed by atoms with Crippen molar-refractivity contribution in [3.05, 3.63) is 57.4 Å². The highest BCUT2D eigenvalue weighted by atomic mass is 35.5. The Bertz CT molecular complexity index is 646. The second-order valence-corrected chi connectivity index (χ2v) is 4.72. The fraction of sp³-hybridized carbons (Fsp3) is 0.214. The van der Waals surface area contributed by atoms with Crippen molar-refractivity contribution in [1.82, 2.24) is 4.98 Å². The first-order valence-corrected chi connectivity index (χ1v) is 6.65. The van der Waals surface area contributed by atoms with E-state index in [0.29, 0.717) is 23.6 Å². The van der Waals surface area contributed by atoms with E-state index in [4.69, 9.17) is 16.3 Å². The highest BCUT2D eigenvalue weighted by Gasteiger charge is 2.13. The molecule has 2 rings (SSSR count). The molecule has 1 aromatic heterocycles. The Kier molecular flexibility index (Phi) is 4.72. The van der Waals surface area contributed by atoms with Gasteiger partial charge >= 0.3 is 0 Å². The van der Waals surface area contributed by atoms with Crippen LogP contribution in [0.25, 0.3) is 0 Å². The number of nitro benzene ring substituents is 1. The number of aromatic nitrogens is 1. The quantitative estimate of drug-likeness (QED) is 0.669. The van der Waals surface area contributed by atoms with E-state index in [1.165, 1.54) is 24.4 Å². The summed E-state index contributed by atoms with van der Waals surface area (Å²) in [5, 5.41) is 20.3. The molecule has 0 amide bonds.